The lowest BCUT2D eigenvalue weighted by atomic mass is 10.1. The first-order valence-corrected chi connectivity index (χ1v) is 9.61. The third kappa shape index (κ3) is 6.98. The lowest BCUT2D eigenvalue weighted by Crippen LogP contribution is -2.20. The van der Waals surface area contributed by atoms with Gasteiger partial charge < -0.3 is 14.8 Å². The second-order valence-electron chi connectivity index (χ2n) is 6.71. The van der Waals surface area contributed by atoms with Crippen LogP contribution in [-0.4, -0.2) is 24.6 Å². The van der Waals surface area contributed by atoms with Crippen LogP contribution in [-0.2, 0) is 11.0 Å². The number of carbonyl (C=O) groups is 1. The summed E-state index contributed by atoms with van der Waals surface area (Å²) in [5.41, 5.74) is 0.658. The van der Waals surface area contributed by atoms with Gasteiger partial charge in [0.15, 0.2) is 18.1 Å². The van der Waals surface area contributed by atoms with E-state index in [-0.39, 0.29) is 23.8 Å². The number of carbonyl (C=O) groups excluding carboxylic acids is 1. The van der Waals surface area contributed by atoms with E-state index < -0.39 is 24.3 Å². The number of rotatable bonds is 7. The fourth-order valence-electron chi connectivity index (χ4n) is 2.86. The van der Waals surface area contributed by atoms with Crippen LogP contribution in [0.25, 0.3) is 11.6 Å². The van der Waals surface area contributed by atoms with Crippen LogP contribution in [0.5, 0.6) is 11.5 Å². The van der Waals surface area contributed by atoms with E-state index in [1.54, 1.807) is 48.7 Å². The number of hydrogen-bond donors (Lipinski definition) is 1. The lowest BCUT2D eigenvalue weighted by molar-refractivity contribution is -0.137. The number of nitrogens with zero attached hydrogens (tertiary/aromatic N) is 2. The molecule has 3 aromatic rings. The van der Waals surface area contributed by atoms with Gasteiger partial charge in [0.2, 0.25) is 0 Å². The van der Waals surface area contributed by atoms with E-state index in [9.17, 15) is 23.2 Å². The van der Waals surface area contributed by atoms with Gasteiger partial charge in [0.05, 0.1) is 23.9 Å². The zero-order valence-corrected chi connectivity index (χ0v) is 18.6. The molecule has 3 rings (SSSR count). The molecule has 0 atom stereocenters. The number of nitrogens with one attached hydrogen (secondary N) is 1. The molecule has 1 heterocycles. The maximum Gasteiger partial charge on any atom is 0.416 e. The monoisotopic (exact) mass is 489 g/mol. The Hall–Kier alpha value is -4.03. The van der Waals surface area contributed by atoms with E-state index in [1.807, 2.05) is 0 Å². The summed E-state index contributed by atoms with van der Waals surface area (Å²) >= 11 is 0. The number of halogens is 4. The average Bonchev–Trinajstić information content (AvgIpc) is 2.81. The van der Waals surface area contributed by atoms with Crippen molar-refractivity contribution in [3.63, 3.8) is 0 Å². The molecule has 1 N–H and O–H groups in total. The summed E-state index contributed by atoms with van der Waals surface area (Å²) in [5, 5.41) is 11.8. The molecule has 0 aliphatic rings. The van der Waals surface area contributed by atoms with Crippen LogP contribution in [0.3, 0.4) is 0 Å². The highest BCUT2D eigenvalue weighted by molar-refractivity contribution is 5.92. The number of amides is 1. The predicted molar refractivity (Wildman–Crippen MR) is 124 cm³/mol. The van der Waals surface area contributed by atoms with E-state index in [1.165, 1.54) is 19.2 Å². The summed E-state index contributed by atoms with van der Waals surface area (Å²) in [5.74, 6) is -0.0682. The highest BCUT2D eigenvalue weighted by Crippen LogP contribution is 2.31. The van der Waals surface area contributed by atoms with Gasteiger partial charge in [-0.15, -0.1) is 12.4 Å². The van der Waals surface area contributed by atoms with Crippen LogP contribution < -0.4 is 14.8 Å². The van der Waals surface area contributed by atoms with Gasteiger partial charge in [-0.1, -0.05) is 18.2 Å². The van der Waals surface area contributed by atoms with Gasteiger partial charge in [0.25, 0.3) is 5.91 Å². The topological polar surface area (TPSA) is 84.2 Å². The molecule has 1 aromatic heterocycles. The fourth-order valence-corrected chi connectivity index (χ4v) is 2.86. The second-order valence-corrected chi connectivity index (χ2v) is 6.71. The first kappa shape index (κ1) is 26.2. The van der Waals surface area contributed by atoms with Gasteiger partial charge in [-0.25, -0.2) is 0 Å². The smallest absolute Gasteiger partial charge is 0.416 e. The minimum Gasteiger partial charge on any atom is -0.493 e. The van der Waals surface area contributed by atoms with Gasteiger partial charge in [-0.2, -0.15) is 18.4 Å². The van der Waals surface area contributed by atoms with Gasteiger partial charge in [-0.05, 0) is 54.1 Å². The Bertz CT molecular complexity index is 1210. The average molecular weight is 490 g/mol. The molecule has 0 aliphatic carbocycles. The molecule has 176 valence electrons. The molecule has 1 amide bonds. The normalized spacial score (nSPS) is 11.1. The van der Waals surface area contributed by atoms with Gasteiger partial charge in [-0.3, -0.25) is 9.78 Å². The number of anilines is 1. The molecular formula is C24H19ClF3N3O3. The Kier molecular flexibility index (Phi) is 9.04. The van der Waals surface area contributed by atoms with Crippen molar-refractivity contribution in [2.75, 3.05) is 19.0 Å². The number of benzene rings is 2. The Balaban J connectivity index is 0.00000408. The summed E-state index contributed by atoms with van der Waals surface area (Å²) in [7, 11) is 1.42. The molecule has 0 unspecified atom stereocenters. The van der Waals surface area contributed by atoms with E-state index in [0.717, 1.165) is 12.1 Å². The van der Waals surface area contributed by atoms with Crippen molar-refractivity contribution in [3.8, 4) is 17.6 Å². The molecule has 0 saturated heterocycles. The zero-order valence-electron chi connectivity index (χ0n) is 17.8. The standard InChI is InChI=1S/C24H18F3N3O3.ClH/c1-32-22-12-16(11-17(14-28)20-7-2-3-10-29-20)8-9-21(22)33-15-23(31)30-19-6-4-5-18(13-19)24(25,26)27;/h2-13H,15H2,1H3,(H,30,31);1H/b17-11+;. The molecule has 2 aromatic carbocycles. The maximum atomic E-state index is 12.8. The van der Waals surface area contributed by atoms with E-state index in [4.69, 9.17) is 9.47 Å². The number of ether oxygens (including phenoxy) is 2. The second kappa shape index (κ2) is 11.7. The summed E-state index contributed by atoms with van der Waals surface area (Å²) in [6, 6.07) is 16.5. The quantitative estimate of drug-likeness (QED) is 0.436. The number of alkyl halides is 3. The third-order valence-corrected chi connectivity index (χ3v) is 4.39. The summed E-state index contributed by atoms with van der Waals surface area (Å²) < 4.78 is 49.2. The Morgan fingerprint density at radius 1 is 1.12 bits per heavy atom. The number of nitriles is 1. The number of allylic oxidation sites excluding steroid dienone is 1. The third-order valence-electron chi connectivity index (χ3n) is 4.39. The zero-order chi connectivity index (χ0) is 23.8. The first-order valence-electron chi connectivity index (χ1n) is 9.61. The molecule has 0 spiro atoms. The van der Waals surface area contributed by atoms with Crippen LogP contribution in [0.4, 0.5) is 18.9 Å². The summed E-state index contributed by atoms with van der Waals surface area (Å²) in [6.07, 6.45) is -1.29. The number of pyridine rings is 1. The van der Waals surface area contributed by atoms with Crippen molar-refractivity contribution >= 4 is 35.7 Å². The molecule has 0 aliphatic heterocycles. The van der Waals surface area contributed by atoms with Crippen molar-refractivity contribution in [1.29, 1.82) is 5.26 Å². The number of methoxy groups -OCH3 is 1. The Labute approximate surface area is 200 Å². The molecule has 10 heteroatoms. The van der Waals surface area contributed by atoms with Crippen LogP contribution in [0.15, 0.2) is 66.9 Å². The van der Waals surface area contributed by atoms with Gasteiger partial charge >= 0.3 is 6.18 Å². The number of aromatic nitrogens is 1. The number of hydrogen-bond acceptors (Lipinski definition) is 5. The van der Waals surface area contributed by atoms with Crippen LogP contribution in [0.2, 0.25) is 0 Å². The minimum atomic E-state index is -4.51. The molecular weight excluding hydrogens is 471 g/mol. The van der Waals surface area contributed by atoms with Crippen LogP contribution in [0.1, 0.15) is 16.8 Å². The molecule has 0 bridgehead atoms. The minimum absolute atomic E-state index is 0. The SMILES string of the molecule is COc1cc(/C=C(\C#N)c2ccccn2)ccc1OCC(=O)Nc1cccc(C(F)(F)F)c1.Cl. The van der Waals surface area contributed by atoms with Gasteiger partial charge in [0, 0.05) is 11.9 Å². The first-order chi connectivity index (χ1) is 15.8. The Morgan fingerprint density at radius 3 is 2.56 bits per heavy atom. The highest BCUT2D eigenvalue weighted by atomic mass is 35.5. The van der Waals surface area contributed by atoms with Crippen LogP contribution in [0, 0.1) is 11.3 Å². The van der Waals surface area contributed by atoms with Crippen molar-refractivity contribution in [3.05, 3.63) is 83.7 Å². The van der Waals surface area contributed by atoms with Crippen LogP contribution >= 0.6 is 12.4 Å². The van der Waals surface area contributed by atoms with Crippen molar-refractivity contribution in [2.45, 2.75) is 6.18 Å². The molecule has 34 heavy (non-hydrogen) atoms. The molecule has 6 nitrogen and oxygen atoms in total. The highest BCUT2D eigenvalue weighted by Gasteiger charge is 2.30. The lowest BCUT2D eigenvalue weighted by Gasteiger charge is -2.12. The van der Waals surface area contributed by atoms with Crippen molar-refractivity contribution in [2.24, 2.45) is 0 Å². The predicted octanol–water partition coefficient (Wildman–Crippen LogP) is 5.61. The maximum absolute atomic E-state index is 12.8. The molecule has 0 saturated carbocycles. The fraction of sp³-hybridized carbons (Fsp3) is 0.125. The van der Waals surface area contributed by atoms with Crippen molar-refractivity contribution in [1.82, 2.24) is 4.98 Å². The van der Waals surface area contributed by atoms with E-state index in [2.05, 4.69) is 16.4 Å². The van der Waals surface area contributed by atoms with E-state index in [0.29, 0.717) is 22.6 Å². The van der Waals surface area contributed by atoms with Crippen molar-refractivity contribution < 1.29 is 27.4 Å². The Morgan fingerprint density at radius 2 is 1.91 bits per heavy atom. The largest absolute Gasteiger partial charge is 0.493 e. The summed E-state index contributed by atoms with van der Waals surface area (Å²) in [4.78, 5) is 16.3. The molecule has 0 radical (unpaired) electrons. The van der Waals surface area contributed by atoms with Gasteiger partial charge in [0.1, 0.15) is 6.07 Å². The van der Waals surface area contributed by atoms with E-state index >= 15 is 0 Å². The molecule has 0 fully saturated rings. The summed E-state index contributed by atoms with van der Waals surface area (Å²) in [6.45, 7) is -0.445.